The number of guanidine groups is 1. The molecule has 4 heteroatoms. The average Bonchev–Trinajstić information content (AvgIpc) is 2.61. The van der Waals surface area contributed by atoms with Gasteiger partial charge in [0.1, 0.15) is 0 Å². The van der Waals surface area contributed by atoms with E-state index in [0.29, 0.717) is 5.96 Å². The van der Waals surface area contributed by atoms with Gasteiger partial charge >= 0.3 is 0 Å². The Bertz CT molecular complexity index is 870. The molecule has 0 atom stereocenters. The van der Waals surface area contributed by atoms with Crippen molar-refractivity contribution in [1.82, 2.24) is 0 Å². The fourth-order valence-corrected chi connectivity index (χ4v) is 3.30. The first-order chi connectivity index (χ1) is 11.3. The molecule has 0 aliphatic carbocycles. The third-order valence-corrected chi connectivity index (χ3v) is 4.42. The topological polar surface area (TPSA) is 39.1 Å². The lowest BCUT2D eigenvalue weighted by Crippen LogP contribution is -2.39. The number of rotatable bonds is 1. The van der Waals surface area contributed by atoms with Gasteiger partial charge in [-0.3, -0.25) is 5.41 Å². The summed E-state index contributed by atoms with van der Waals surface area (Å²) in [7, 11) is 0. The summed E-state index contributed by atoms with van der Waals surface area (Å²) in [5.41, 5.74) is 3.45. The van der Waals surface area contributed by atoms with Gasteiger partial charge in [-0.1, -0.05) is 54.6 Å². The van der Waals surface area contributed by atoms with Crippen molar-refractivity contribution >= 4 is 40.5 Å². The molecule has 0 aromatic heterocycles. The standard InChI is InChI=1S/C20H19N3.ClH/c21-20(23-14-6-10-16-8-2-4-13-19(16)23)22-18-12-5-9-15-7-1-3-11-17(15)18;/h1-5,7-9,11-13H,6,10,14H2,(H2,21,22);1H. The Kier molecular flexibility index (Phi) is 4.72. The Hall–Kier alpha value is -2.52. The maximum absolute atomic E-state index is 8.54. The van der Waals surface area contributed by atoms with Crippen molar-refractivity contribution in [2.45, 2.75) is 12.8 Å². The molecule has 0 amide bonds. The lowest BCUT2D eigenvalue weighted by atomic mass is 10.0. The molecule has 1 aliphatic heterocycles. The Morgan fingerprint density at radius 1 is 0.917 bits per heavy atom. The zero-order chi connectivity index (χ0) is 15.6. The molecule has 0 radical (unpaired) electrons. The second kappa shape index (κ2) is 6.93. The molecule has 0 spiro atoms. The van der Waals surface area contributed by atoms with Crippen LogP contribution in [0.5, 0.6) is 0 Å². The van der Waals surface area contributed by atoms with Crippen LogP contribution < -0.4 is 10.2 Å². The number of para-hydroxylation sites is 1. The van der Waals surface area contributed by atoms with Gasteiger partial charge < -0.3 is 10.2 Å². The first-order valence-corrected chi connectivity index (χ1v) is 8.02. The number of benzene rings is 3. The Balaban J connectivity index is 0.00000169. The van der Waals surface area contributed by atoms with Crippen LogP contribution in [0, 0.1) is 5.41 Å². The van der Waals surface area contributed by atoms with E-state index in [9.17, 15) is 0 Å². The molecule has 3 aromatic rings. The van der Waals surface area contributed by atoms with Crippen LogP contribution in [0.25, 0.3) is 10.8 Å². The predicted octanol–water partition coefficient (Wildman–Crippen LogP) is 5.06. The van der Waals surface area contributed by atoms with Crippen molar-refractivity contribution in [3.8, 4) is 0 Å². The molecule has 3 aromatic carbocycles. The maximum atomic E-state index is 8.54. The van der Waals surface area contributed by atoms with Crippen LogP contribution in [0.4, 0.5) is 11.4 Å². The number of nitrogens with zero attached hydrogens (tertiary/aromatic N) is 1. The smallest absolute Gasteiger partial charge is 0.200 e. The quantitative estimate of drug-likeness (QED) is 0.481. The number of nitrogens with one attached hydrogen (secondary N) is 2. The first-order valence-electron chi connectivity index (χ1n) is 8.02. The molecule has 1 heterocycles. The lowest BCUT2D eigenvalue weighted by molar-refractivity contribution is 0.775. The van der Waals surface area contributed by atoms with E-state index in [2.05, 4.69) is 46.6 Å². The zero-order valence-corrected chi connectivity index (χ0v) is 14.1. The molecule has 24 heavy (non-hydrogen) atoms. The van der Waals surface area contributed by atoms with Gasteiger partial charge in [0, 0.05) is 23.3 Å². The van der Waals surface area contributed by atoms with E-state index in [-0.39, 0.29) is 12.4 Å². The van der Waals surface area contributed by atoms with Crippen LogP contribution in [0.15, 0.2) is 66.7 Å². The monoisotopic (exact) mass is 337 g/mol. The van der Waals surface area contributed by atoms with Gasteiger partial charge in [0.25, 0.3) is 0 Å². The largest absolute Gasteiger partial charge is 0.326 e. The maximum Gasteiger partial charge on any atom is 0.200 e. The molecular formula is C20H20ClN3. The highest BCUT2D eigenvalue weighted by molar-refractivity contribution is 6.08. The van der Waals surface area contributed by atoms with E-state index in [1.165, 1.54) is 10.9 Å². The molecule has 2 N–H and O–H groups in total. The minimum atomic E-state index is 0. The fraction of sp³-hybridized carbons (Fsp3) is 0.150. The Labute approximate surface area is 148 Å². The van der Waals surface area contributed by atoms with Crippen LogP contribution in [0.2, 0.25) is 0 Å². The third-order valence-electron chi connectivity index (χ3n) is 4.42. The molecule has 0 bridgehead atoms. The number of halogens is 1. The van der Waals surface area contributed by atoms with Crippen molar-refractivity contribution in [2.24, 2.45) is 0 Å². The van der Waals surface area contributed by atoms with Crippen molar-refractivity contribution in [3.05, 3.63) is 72.3 Å². The minimum Gasteiger partial charge on any atom is -0.326 e. The predicted molar refractivity (Wildman–Crippen MR) is 105 cm³/mol. The van der Waals surface area contributed by atoms with Crippen LogP contribution >= 0.6 is 12.4 Å². The summed E-state index contributed by atoms with van der Waals surface area (Å²) >= 11 is 0. The molecule has 0 unspecified atom stereocenters. The first kappa shape index (κ1) is 16.3. The summed E-state index contributed by atoms with van der Waals surface area (Å²) in [6.45, 7) is 0.883. The van der Waals surface area contributed by atoms with E-state index in [4.69, 9.17) is 5.41 Å². The van der Waals surface area contributed by atoms with Crippen LogP contribution in [-0.2, 0) is 6.42 Å². The number of aryl methyl sites for hydroxylation is 1. The normalized spacial score (nSPS) is 13.1. The molecule has 0 saturated heterocycles. The van der Waals surface area contributed by atoms with Crippen LogP contribution in [0.1, 0.15) is 12.0 Å². The zero-order valence-electron chi connectivity index (χ0n) is 13.3. The van der Waals surface area contributed by atoms with Gasteiger partial charge in [-0.05, 0) is 35.9 Å². The third kappa shape index (κ3) is 2.95. The van der Waals surface area contributed by atoms with E-state index >= 15 is 0 Å². The van der Waals surface area contributed by atoms with Gasteiger partial charge in [-0.25, -0.2) is 0 Å². The highest BCUT2D eigenvalue weighted by atomic mass is 35.5. The van der Waals surface area contributed by atoms with E-state index < -0.39 is 0 Å². The van der Waals surface area contributed by atoms with Gasteiger partial charge in [0.15, 0.2) is 5.96 Å². The SMILES string of the molecule is Cl.N=C(Nc1cccc2ccccc12)N1CCCc2ccccc21. The van der Waals surface area contributed by atoms with Crippen molar-refractivity contribution in [3.63, 3.8) is 0 Å². The summed E-state index contributed by atoms with van der Waals surface area (Å²) < 4.78 is 0. The second-order valence-corrected chi connectivity index (χ2v) is 5.88. The van der Waals surface area contributed by atoms with E-state index in [1.807, 2.05) is 30.3 Å². The number of anilines is 2. The fourth-order valence-electron chi connectivity index (χ4n) is 3.30. The van der Waals surface area contributed by atoms with Crippen molar-refractivity contribution < 1.29 is 0 Å². The summed E-state index contributed by atoms with van der Waals surface area (Å²) in [6, 6.07) is 22.8. The van der Waals surface area contributed by atoms with E-state index in [0.717, 1.165) is 36.1 Å². The average molecular weight is 338 g/mol. The molecule has 0 saturated carbocycles. The van der Waals surface area contributed by atoms with Crippen LogP contribution in [-0.4, -0.2) is 12.5 Å². The van der Waals surface area contributed by atoms with Gasteiger partial charge in [-0.2, -0.15) is 0 Å². The number of fused-ring (bicyclic) bond motifs is 2. The van der Waals surface area contributed by atoms with E-state index in [1.54, 1.807) is 0 Å². The summed E-state index contributed by atoms with van der Waals surface area (Å²) in [6.07, 6.45) is 2.17. The molecule has 1 aliphatic rings. The lowest BCUT2D eigenvalue weighted by Gasteiger charge is -2.31. The van der Waals surface area contributed by atoms with Crippen molar-refractivity contribution in [2.75, 3.05) is 16.8 Å². The second-order valence-electron chi connectivity index (χ2n) is 5.88. The van der Waals surface area contributed by atoms with Crippen LogP contribution in [0.3, 0.4) is 0 Å². The molecule has 0 fully saturated rings. The van der Waals surface area contributed by atoms with Gasteiger partial charge in [0.2, 0.25) is 0 Å². The number of hydrogen-bond acceptors (Lipinski definition) is 1. The van der Waals surface area contributed by atoms with Crippen molar-refractivity contribution in [1.29, 1.82) is 5.41 Å². The van der Waals surface area contributed by atoms with Gasteiger partial charge in [-0.15, -0.1) is 12.4 Å². The molecule has 3 nitrogen and oxygen atoms in total. The Morgan fingerprint density at radius 2 is 1.67 bits per heavy atom. The molecular weight excluding hydrogens is 318 g/mol. The molecule has 4 rings (SSSR count). The minimum absolute atomic E-state index is 0. The summed E-state index contributed by atoms with van der Waals surface area (Å²) in [4.78, 5) is 2.07. The van der Waals surface area contributed by atoms with Gasteiger partial charge in [0.05, 0.1) is 0 Å². The Morgan fingerprint density at radius 3 is 2.58 bits per heavy atom. The number of hydrogen-bond donors (Lipinski definition) is 2. The highest BCUT2D eigenvalue weighted by Gasteiger charge is 2.20. The summed E-state index contributed by atoms with van der Waals surface area (Å²) in [5.74, 6) is 0.438. The highest BCUT2D eigenvalue weighted by Crippen LogP contribution is 2.28. The summed E-state index contributed by atoms with van der Waals surface area (Å²) in [5, 5.41) is 14.2. The molecule has 122 valence electrons.